The van der Waals surface area contributed by atoms with Crippen LogP contribution in [0.25, 0.3) is 0 Å². The zero-order chi connectivity index (χ0) is 11.4. The van der Waals surface area contributed by atoms with Gasteiger partial charge in [-0.25, -0.2) is 0 Å². The Morgan fingerprint density at radius 1 is 1.31 bits per heavy atom. The number of hydrogen-bond acceptors (Lipinski definition) is 3. The summed E-state index contributed by atoms with van der Waals surface area (Å²) in [6.07, 6.45) is 2.74. The fourth-order valence-electron chi connectivity index (χ4n) is 2.64. The minimum absolute atomic E-state index is 0.421. The summed E-state index contributed by atoms with van der Waals surface area (Å²) in [6, 6.07) is 0. The van der Waals surface area contributed by atoms with Crippen molar-refractivity contribution in [3.63, 3.8) is 0 Å². The van der Waals surface area contributed by atoms with Crippen molar-refractivity contribution in [2.45, 2.75) is 26.7 Å². The number of rotatable bonds is 5. The summed E-state index contributed by atoms with van der Waals surface area (Å²) in [5.74, 6) is 0.896. The highest BCUT2D eigenvalue weighted by Crippen LogP contribution is 2.25. The summed E-state index contributed by atoms with van der Waals surface area (Å²) in [5.41, 5.74) is 0.421. The number of likely N-dealkylation sites (tertiary alicyclic amines) is 1. The maximum Gasteiger partial charge on any atom is 0.0554 e. The van der Waals surface area contributed by atoms with Gasteiger partial charge in [-0.3, -0.25) is 0 Å². The van der Waals surface area contributed by atoms with Crippen LogP contribution in [0, 0.1) is 11.3 Å². The molecule has 0 atom stereocenters. The van der Waals surface area contributed by atoms with Crippen LogP contribution < -0.4 is 5.32 Å². The normalized spacial score (nSPS) is 26.6. The monoisotopic (exact) mass is 226 g/mol. The minimum atomic E-state index is 0.421. The molecule has 2 aliphatic heterocycles. The van der Waals surface area contributed by atoms with Crippen LogP contribution >= 0.6 is 0 Å². The molecule has 3 heteroatoms. The fourth-order valence-corrected chi connectivity index (χ4v) is 2.64. The van der Waals surface area contributed by atoms with Gasteiger partial charge in [0.2, 0.25) is 0 Å². The molecule has 2 heterocycles. The van der Waals surface area contributed by atoms with Crippen molar-refractivity contribution in [3.05, 3.63) is 0 Å². The van der Waals surface area contributed by atoms with E-state index in [1.165, 1.54) is 39.0 Å². The predicted molar refractivity (Wildman–Crippen MR) is 66.6 cm³/mol. The SMILES string of the molecule is CCN1CCC(CNCC2(C)COC2)CC1. The van der Waals surface area contributed by atoms with Crippen molar-refractivity contribution in [1.29, 1.82) is 0 Å². The molecule has 0 aliphatic carbocycles. The lowest BCUT2D eigenvalue weighted by molar-refractivity contribution is -0.0993. The second-order valence-electron chi connectivity index (χ2n) is 5.81. The van der Waals surface area contributed by atoms with Gasteiger partial charge >= 0.3 is 0 Å². The van der Waals surface area contributed by atoms with Gasteiger partial charge in [0.15, 0.2) is 0 Å². The van der Waals surface area contributed by atoms with Gasteiger partial charge in [-0.05, 0) is 44.9 Å². The first kappa shape index (κ1) is 12.3. The molecular weight excluding hydrogens is 200 g/mol. The zero-order valence-corrected chi connectivity index (χ0v) is 10.8. The highest BCUT2D eigenvalue weighted by molar-refractivity contribution is 4.83. The molecule has 0 spiro atoms. The van der Waals surface area contributed by atoms with Crippen molar-refractivity contribution < 1.29 is 4.74 Å². The maximum atomic E-state index is 5.26. The van der Waals surface area contributed by atoms with Gasteiger partial charge in [0.05, 0.1) is 13.2 Å². The van der Waals surface area contributed by atoms with E-state index in [2.05, 4.69) is 24.1 Å². The summed E-state index contributed by atoms with van der Waals surface area (Å²) in [4.78, 5) is 2.55. The third kappa shape index (κ3) is 3.19. The topological polar surface area (TPSA) is 24.5 Å². The average Bonchev–Trinajstić information content (AvgIpc) is 2.28. The molecular formula is C13H26N2O. The van der Waals surface area contributed by atoms with Crippen molar-refractivity contribution in [2.75, 3.05) is 45.9 Å². The Balaban J connectivity index is 1.57. The first-order valence-corrected chi connectivity index (χ1v) is 6.73. The Kier molecular flexibility index (Phi) is 4.22. The van der Waals surface area contributed by atoms with Crippen LogP contribution in [0.2, 0.25) is 0 Å². The lowest BCUT2D eigenvalue weighted by Gasteiger charge is -2.39. The maximum absolute atomic E-state index is 5.26. The molecule has 2 fully saturated rings. The second-order valence-corrected chi connectivity index (χ2v) is 5.81. The summed E-state index contributed by atoms with van der Waals surface area (Å²) in [7, 11) is 0. The largest absolute Gasteiger partial charge is 0.380 e. The van der Waals surface area contributed by atoms with E-state index in [4.69, 9.17) is 4.74 Å². The number of hydrogen-bond donors (Lipinski definition) is 1. The molecule has 0 aromatic carbocycles. The summed E-state index contributed by atoms with van der Waals surface area (Å²) < 4.78 is 5.26. The molecule has 2 aliphatic rings. The van der Waals surface area contributed by atoms with Gasteiger partial charge in [0.1, 0.15) is 0 Å². The van der Waals surface area contributed by atoms with E-state index in [-0.39, 0.29) is 0 Å². The smallest absolute Gasteiger partial charge is 0.0554 e. The van der Waals surface area contributed by atoms with E-state index < -0.39 is 0 Å². The van der Waals surface area contributed by atoms with Gasteiger partial charge in [-0.2, -0.15) is 0 Å². The van der Waals surface area contributed by atoms with Gasteiger partial charge in [-0.1, -0.05) is 13.8 Å². The minimum Gasteiger partial charge on any atom is -0.380 e. The van der Waals surface area contributed by atoms with Gasteiger partial charge in [0, 0.05) is 12.0 Å². The average molecular weight is 226 g/mol. The van der Waals surface area contributed by atoms with Crippen LogP contribution in [0.15, 0.2) is 0 Å². The predicted octanol–water partition coefficient (Wildman–Crippen LogP) is 1.34. The first-order chi connectivity index (χ1) is 7.72. The molecule has 1 N–H and O–H groups in total. The molecule has 94 valence electrons. The fraction of sp³-hybridized carbons (Fsp3) is 1.00. The highest BCUT2D eigenvalue weighted by Gasteiger charge is 2.32. The summed E-state index contributed by atoms with van der Waals surface area (Å²) in [5, 5.41) is 3.63. The van der Waals surface area contributed by atoms with Gasteiger partial charge in [0.25, 0.3) is 0 Å². The number of ether oxygens (including phenoxy) is 1. The van der Waals surface area contributed by atoms with Crippen LogP contribution in [-0.2, 0) is 4.74 Å². The Hall–Kier alpha value is -0.120. The Morgan fingerprint density at radius 2 is 2.00 bits per heavy atom. The summed E-state index contributed by atoms with van der Waals surface area (Å²) in [6.45, 7) is 12.6. The van der Waals surface area contributed by atoms with Gasteiger partial charge in [-0.15, -0.1) is 0 Å². The van der Waals surface area contributed by atoms with E-state index in [0.717, 1.165) is 25.7 Å². The second kappa shape index (κ2) is 5.48. The molecule has 2 saturated heterocycles. The Bertz CT molecular complexity index is 208. The third-order valence-corrected chi connectivity index (χ3v) is 4.04. The number of piperidine rings is 1. The molecule has 0 radical (unpaired) electrons. The molecule has 0 unspecified atom stereocenters. The molecule has 16 heavy (non-hydrogen) atoms. The number of nitrogens with one attached hydrogen (secondary N) is 1. The first-order valence-electron chi connectivity index (χ1n) is 6.73. The van der Waals surface area contributed by atoms with E-state index in [1.807, 2.05) is 0 Å². The molecule has 0 amide bonds. The van der Waals surface area contributed by atoms with Crippen molar-refractivity contribution in [3.8, 4) is 0 Å². The molecule has 0 aromatic rings. The molecule has 3 nitrogen and oxygen atoms in total. The highest BCUT2D eigenvalue weighted by atomic mass is 16.5. The van der Waals surface area contributed by atoms with Crippen molar-refractivity contribution >= 4 is 0 Å². The lowest BCUT2D eigenvalue weighted by atomic mass is 9.88. The van der Waals surface area contributed by atoms with Crippen LogP contribution in [0.4, 0.5) is 0 Å². The zero-order valence-electron chi connectivity index (χ0n) is 10.8. The van der Waals surface area contributed by atoms with E-state index in [0.29, 0.717) is 5.41 Å². The molecule has 0 aromatic heterocycles. The molecule has 0 bridgehead atoms. The van der Waals surface area contributed by atoms with E-state index in [1.54, 1.807) is 0 Å². The van der Waals surface area contributed by atoms with Crippen molar-refractivity contribution in [2.24, 2.45) is 11.3 Å². The Labute approximate surface area is 99.5 Å². The Morgan fingerprint density at radius 3 is 2.50 bits per heavy atom. The van der Waals surface area contributed by atoms with Crippen LogP contribution in [0.5, 0.6) is 0 Å². The quantitative estimate of drug-likeness (QED) is 0.766. The standard InChI is InChI=1S/C13H26N2O/c1-3-15-6-4-12(5-7-15)8-14-9-13(2)10-16-11-13/h12,14H,3-11H2,1-2H3. The van der Waals surface area contributed by atoms with E-state index >= 15 is 0 Å². The number of nitrogens with zero attached hydrogens (tertiary/aromatic N) is 1. The van der Waals surface area contributed by atoms with Crippen molar-refractivity contribution in [1.82, 2.24) is 10.2 Å². The summed E-state index contributed by atoms with van der Waals surface area (Å²) >= 11 is 0. The lowest BCUT2D eigenvalue weighted by Crippen LogP contribution is -2.48. The van der Waals surface area contributed by atoms with E-state index in [9.17, 15) is 0 Å². The van der Waals surface area contributed by atoms with Crippen LogP contribution in [0.3, 0.4) is 0 Å². The molecule has 0 saturated carbocycles. The molecule has 2 rings (SSSR count). The third-order valence-electron chi connectivity index (χ3n) is 4.04. The van der Waals surface area contributed by atoms with Crippen LogP contribution in [0.1, 0.15) is 26.7 Å². The van der Waals surface area contributed by atoms with Gasteiger partial charge < -0.3 is 15.0 Å². The van der Waals surface area contributed by atoms with Crippen LogP contribution in [-0.4, -0.2) is 50.8 Å².